The van der Waals surface area contributed by atoms with Crippen LogP contribution in [0.3, 0.4) is 0 Å². The highest BCUT2D eigenvalue weighted by Gasteiger charge is 2.46. The van der Waals surface area contributed by atoms with Gasteiger partial charge in [-0.25, -0.2) is 4.79 Å². The topological polar surface area (TPSA) is 94.8 Å². The lowest BCUT2D eigenvalue weighted by Crippen LogP contribution is -2.48. The summed E-state index contributed by atoms with van der Waals surface area (Å²) in [5.41, 5.74) is -1.84. The first-order chi connectivity index (χ1) is 6.47. The molecule has 1 rings (SSSR count). The number of aliphatic hydroxyl groups is 1. The lowest BCUT2D eigenvalue weighted by Gasteiger charge is -2.35. The third-order valence-corrected chi connectivity index (χ3v) is 2.83. The van der Waals surface area contributed by atoms with Crippen molar-refractivity contribution in [1.29, 1.82) is 0 Å². The molecular weight excluding hydrogens is 188 g/mol. The van der Waals surface area contributed by atoms with Gasteiger partial charge in [0.05, 0.1) is 6.42 Å². The van der Waals surface area contributed by atoms with Crippen LogP contribution in [0.4, 0.5) is 0 Å². The average molecular weight is 202 g/mol. The summed E-state index contributed by atoms with van der Waals surface area (Å²) in [6, 6.07) is 0. The SMILES string of the molecule is O=C(O)C[C@@H]1CCCC[C@]1(O)C(=O)O. The first-order valence-electron chi connectivity index (χ1n) is 4.64. The van der Waals surface area contributed by atoms with E-state index in [-0.39, 0.29) is 12.8 Å². The Balaban J connectivity index is 2.77. The summed E-state index contributed by atoms with van der Waals surface area (Å²) < 4.78 is 0. The lowest BCUT2D eigenvalue weighted by molar-refractivity contribution is -0.171. The maximum absolute atomic E-state index is 10.8. The van der Waals surface area contributed by atoms with Crippen molar-refractivity contribution in [2.24, 2.45) is 5.92 Å². The van der Waals surface area contributed by atoms with Gasteiger partial charge < -0.3 is 15.3 Å². The number of hydrogen-bond donors (Lipinski definition) is 3. The van der Waals surface area contributed by atoms with E-state index in [9.17, 15) is 14.7 Å². The van der Waals surface area contributed by atoms with Crippen molar-refractivity contribution >= 4 is 11.9 Å². The van der Waals surface area contributed by atoms with Gasteiger partial charge in [-0.3, -0.25) is 4.79 Å². The van der Waals surface area contributed by atoms with Crippen molar-refractivity contribution in [2.75, 3.05) is 0 Å². The highest BCUT2D eigenvalue weighted by atomic mass is 16.4. The van der Waals surface area contributed by atoms with E-state index in [1.54, 1.807) is 0 Å². The summed E-state index contributed by atoms with van der Waals surface area (Å²) in [6.45, 7) is 0. The van der Waals surface area contributed by atoms with Crippen LogP contribution in [0.25, 0.3) is 0 Å². The van der Waals surface area contributed by atoms with E-state index in [4.69, 9.17) is 10.2 Å². The Kier molecular flexibility index (Phi) is 3.10. The van der Waals surface area contributed by atoms with Gasteiger partial charge in [0.15, 0.2) is 5.60 Å². The second kappa shape index (κ2) is 3.96. The fourth-order valence-corrected chi connectivity index (χ4v) is 1.99. The van der Waals surface area contributed by atoms with Gasteiger partial charge in [-0.1, -0.05) is 6.42 Å². The summed E-state index contributed by atoms with van der Waals surface area (Å²) in [5, 5.41) is 27.2. The summed E-state index contributed by atoms with van der Waals surface area (Å²) in [6.07, 6.45) is 1.77. The van der Waals surface area contributed by atoms with Crippen molar-refractivity contribution in [2.45, 2.75) is 37.7 Å². The average Bonchev–Trinajstić information content (AvgIpc) is 2.08. The molecule has 1 aliphatic carbocycles. The molecule has 1 saturated carbocycles. The molecule has 0 aromatic carbocycles. The Morgan fingerprint density at radius 1 is 1.29 bits per heavy atom. The van der Waals surface area contributed by atoms with E-state index < -0.39 is 23.5 Å². The van der Waals surface area contributed by atoms with E-state index in [1.807, 2.05) is 0 Å². The maximum atomic E-state index is 10.8. The fourth-order valence-electron chi connectivity index (χ4n) is 1.99. The Morgan fingerprint density at radius 2 is 1.93 bits per heavy atom. The molecule has 1 fully saturated rings. The van der Waals surface area contributed by atoms with Crippen LogP contribution in [-0.4, -0.2) is 32.9 Å². The first-order valence-corrected chi connectivity index (χ1v) is 4.64. The molecule has 0 aliphatic heterocycles. The monoisotopic (exact) mass is 202 g/mol. The highest BCUT2D eigenvalue weighted by molar-refractivity contribution is 5.79. The van der Waals surface area contributed by atoms with Crippen LogP contribution in [0.15, 0.2) is 0 Å². The zero-order valence-electron chi connectivity index (χ0n) is 7.77. The quantitative estimate of drug-likeness (QED) is 0.618. The molecule has 0 spiro atoms. The van der Waals surface area contributed by atoms with Crippen molar-refractivity contribution in [3.05, 3.63) is 0 Å². The zero-order valence-corrected chi connectivity index (χ0v) is 7.77. The predicted octanol–water partition coefficient (Wildman–Crippen LogP) is 0.467. The summed E-state index contributed by atoms with van der Waals surface area (Å²) >= 11 is 0. The molecule has 14 heavy (non-hydrogen) atoms. The van der Waals surface area contributed by atoms with Gasteiger partial charge in [0.25, 0.3) is 0 Å². The minimum atomic E-state index is -1.84. The van der Waals surface area contributed by atoms with Crippen LogP contribution >= 0.6 is 0 Å². The van der Waals surface area contributed by atoms with Crippen molar-refractivity contribution < 1.29 is 24.9 Å². The highest BCUT2D eigenvalue weighted by Crippen LogP contribution is 2.36. The number of hydrogen-bond acceptors (Lipinski definition) is 3. The van der Waals surface area contributed by atoms with Crippen LogP contribution in [0, 0.1) is 5.92 Å². The summed E-state index contributed by atoms with van der Waals surface area (Å²) in [4.78, 5) is 21.3. The first kappa shape index (κ1) is 11.0. The molecule has 0 saturated heterocycles. The van der Waals surface area contributed by atoms with Crippen LogP contribution in [0.2, 0.25) is 0 Å². The van der Waals surface area contributed by atoms with Crippen LogP contribution in [-0.2, 0) is 9.59 Å². The normalized spacial score (nSPS) is 32.5. The zero-order chi connectivity index (χ0) is 10.8. The second-order valence-corrected chi connectivity index (χ2v) is 3.77. The summed E-state index contributed by atoms with van der Waals surface area (Å²) in [7, 11) is 0. The van der Waals surface area contributed by atoms with E-state index in [1.165, 1.54) is 0 Å². The molecule has 80 valence electrons. The maximum Gasteiger partial charge on any atom is 0.335 e. The molecule has 0 bridgehead atoms. The number of carboxylic acids is 2. The Labute approximate surface area is 81.4 Å². The second-order valence-electron chi connectivity index (χ2n) is 3.77. The molecule has 0 radical (unpaired) electrons. The molecule has 5 nitrogen and oxygen atoms in total. The molecule has 0 aromatic heterocycles. The summed E-state index contributed by atoms with van der Waals surface area (Å²) in [5.74, 6) is -3.02. The van der Waals surface area contributed by atoms with Crippen molar-refractivity contribution in [3.63, 3.8) is 0 Å². The minimum Gasteiger partial charge on any atom is -0.481 e. The number of carbonyl (C=O) groups is 2. The fraction of sp³-hybridized carbons (Fsp3) is 0.778. The van der Waals surface area contributed by atoms with Crippen molar-refractivity contribution in [3.8, 4) is 0 Å². The van der Waals surface area contributed by atoms with Gasteiger partial charge in [-0.05, 0) is 19.3 Å². The van der Waals surface area contributed by atoms with Crippen molar-refractivity contribution in [1.82, 2.24) is 0 Å². The Hall–Kier alpha value is -1.10. The number of carboxylic acid groups (broad SMARTS) is 2. The van der Waals surface area contributed by atoms with Crippen LogP contribution in [0.5, 0.6) is 0 Å². The standard InChI is InChI=1S/C9H14O5/c10-7(11)5-6-3-1-2-4-9(6,14)8(12)13/h6,14H,1-5H2,(H,10,11)(H,12,13)/t6-,9+/m0/s1. The van der Waals surface area contributed by atoms with Crippen LogP contribution in [0.1, 0.15) is 32.1 Å². The van der Waals surface area contributed by atoms with E-state index in [0.29, 0.717) is 12.8 Å². The lowest BCUT2D eigenvalue weighted by atomic mass is 9.74. The minimum absolute atomic E-state index is 0.153. The van der Waals surface area contributed by atoms with E-state index in [2.05, 4.69) is 0 Å². The molecule has 0 heterocycles. The molecule has 0 unspecified atom stereocenters. The van der Waals surface area contributed by atoms with E-state index >= 15 is 0 Å². The number of rotatable bonds is 3. The Bertz CT molecular complexity index is 250. The smallest absolute Gasteiger partial charge is 0.335 e. The molecular formula is C9H14O5. The van der Waals surface area contributed by atoms with Gasteiger partial charge in [0.1, 0.15) is 0 Å². The van der Waals surface area contributed by atoms with E-state index in [0.717, 1.165) is 6.42 Å². The molecule has 3 N–H and O–H groups in total. The Morgan fingerprint density at radius 3 is 2.43 bits per heavy atom. The van der Waals surface area contributed by atoms with Gasteiger partial charge in [-0.15, -0.1) is 0 Å². The van der Waals surface area contributed by atoms with Gasteiger partial charge >= 0.3 is 11.9 Å². The molecule has 0 amide bonds. The molecule has 1 aliphatic rings. The third kappa shape index (κ3) is 2.04. The van der Waals surface area contributed by atoms with Gasteiger partial charge in [-0.2, -0.15) is 0 Å². The van der Waals surface area contributed by atoms with Gasteiger partial charge in [0.2, 0.25) is 0 Å². The molecule has 0 aromatic rings. The predicted molar refractivity (Wildman–Crippen MR) is 46.8 cm³/mol. The van der Waals surface area contributed by atoms with Gasteiger partial charge in [0, 0.05) is 5.92 Å². The van der Waals surface area contributed by atoms with Crippen LogP contribution < -0.4 is 0 Å². The number of aliphatic carboxylic acids is 2. The molecule has 2 atom stereocenters. The molecule has 5 heteroatoms. The third-order valence-electron chi connectivity index (χ3n) is 2.83. The largest absolute Gasteiger partial charge is 0.481 e.